The number of carbonyl (C=O) groups is 1. The molecule has 0 bridgehead atoms. The van der Waals surface area contributed by atoms with E-state index in [1.165, 1.54) is 0 Å². The molecule has 0 spiro atoms. The maximum absolute atomic E-state index is 12.7. The van der Waals surface area contributed by atoms with Gasteiger partial charge in [0, 0.05) is 38.3 Å². The van der Waals surface area contributed by atoms with Gasteiger partial charge in [0.05, 0.1) is 6.61 Å². The van der Waals surface area contributed by atoms with Crippen molar-refractivity contribution < 1.29 is 27.4 Å². The van der Waals surface area contributed by atoms with E-state index < -0.39 is 12.8 Å². The third kappa shape index (κ3) is 7.03. The van der Waals surface area contributed by atoms with Crippen LogP contribution in [0.3, 0.4) is 0 Å². The van der Waals surface area contributed by atoms with Gasteiger partial charge in [0.25, 0.3) is 5.91 Å². The van der Waals surface area contributed by atoms with Crippen LogP contribution in [0.5, 0.6) is 5.75 Å². The van der Waals surface area contributed by atoms with Gasteiger partial charge in [-0.05, 0) is 29.8 Å². The van der Waals surface area contributed by atoms with Crippen LogP contribution in [0.2, 0.25) is 0 Å². The van der Waals surface area contributed by atoms with Crippen molar-refractivity contribution in [3.63, 3.8) is 0 Å². The molecular weight excluding hydrogens is 397 g/mol. The average molecular weight is 422 g/mol. The highest BCUT2D eigenvalue weighted by Gasteiger charge is 2.27. The highest BCUT2D eigenvalue weighted by Crippen LogP contribution is 2.16. The summed E-state index contributed by atoms with van der Waals surface area (Å²) in [6.07, 6.45) is -4.34. The first kappa shape index (κ1) is 22.1. The molecule has 5 nitrogen and oxygen atoms in total. The number of nitrogens with zero attached hydrogens (tertiary/aromatic N) is 2. The molecule has 0 N–H and O–H groups in total. The Morgan fingerprint density at radius 2 is 1.60 bits per heavy atom. The molecule has 0 aliphatic carbocycles. The van der Waals surface area contributed by atoms with E-state index in [1.807, 2.05) is 30.3 Å². The van der Waals surface area contributed by atoms with Gasteiger partial charge in [-0.15, -0.1) is 0 Å². The molecule has 1 aliphatic heterocycles. The number of hydrogen-bond donors (Lipinski definition) is 0. The summed E-state index contributed by atoms with van der Waals surface area (Å²) in [5.74, 6) is 0.775. The molecule has 162 valence electrons. The lowest BCUT2D eigenvalue weighted by atomic mass is 10.1. The molecule has 2 aromatic carbocycles. The lowest BCUT2D eigenvalue weighted by Gasteiger charge is -2.34. The number of halogens is 3. The van der Waals surface area contributed by atoms with E-state index in [0.29, 0.717) is 30.8 Å². The summed E-state index contributed by atoms with van der Waals surface area (Å²) in [4.78, 5) is 16.7. The van der Waals surface area contributed by atoms with E-state index >= 15 is 0 Å². The number of rotatable bonds is 8. The van der Waals surface area contributed by atoms with Crippen LogP contribution in [-0.4, -0.2) is 67.8 Å². The van der Waals surface area contributed by atoms with Gasteiger partial charge in [0.2, 0.25) is 0 Å². The highest BCUT2D eigenvalue weighted by atomic mass is 19.4. The Hall–Kier alpha value is -2.58. The minimum absolute atomic E-state index is 0.0713. The quantitative estimate of drug-likeness (QED) is 0.652. The first-order valence-corrected chi connectivity index (χ1v) is 9.84. The van der Waals surface area contributed by atoms with Gasteiger partial charge in [-0.25, -0.2) is 0 Å². The molecule has 1 aliphatic rings. The Morgan fingerprint density at radius 3 is 2.23 bits per heavy atom. The zero-order valence-corrected chi connectivity index (χ0v) is 16.6. The van der Waals surface area contributed by atoms with Crippen molar-refractivity contribution >= 4 is 5.91 Å². The number of alkyl halides is 3. The molecule has 1 heterocycles. The highest BCUT2D eigenvalue weighted by molar-refractivity contribution is 5.94. The fourth-order valence-electron chi connectivity index (χ4n) is 3.19. The van der Waals surface area contributed by atoms with Crippen molar-refractivity contribution in [2.45, 2.75) is 12.8 Å². The summed E-state index contributed by atoms with van der Waals surface area (Å²) in [5.41, 5.74) is 1.12. The van der Waals surface area contributed by atoms with E-state index in [0.717, 1.165) is 25.4 Å². The standard InChI is InChI=1S/C22H25F3N2O3/c23-22(24,25)17-29-16-18-6-8-19(9-7-18)21(28)27-12-10-26(11-13-27)14-15-30-20-4-2-1-3-5-20/h1-9H,10-17H2. The van der Waals surface area contributed by atoms with Crippen LogP contribution in [-0.2, 0) is 11.3 Å². The van der Waals surface area contributed by atoms with E-state index in [4.69, 9.17) is 4.74 Å². The molecule has 1 saturated heterocycles. The first-order valence-electron chi connectivity index (χ1n) is 9.84. The Morgan fingerprint density at radius 1 is 0.933 bits per heavy atom. The summed E-state index contributed by atoms with van der Waals surface area (Å²) in [6, 6.07) is 16.2. The van der Waals surface area contributed by atoms with Gasteiger partial charge in [-0.2, -0.15) is 13.2 Å². The predicted octanol–water partition coefficient (Wildman–Crippen LogP) is 3.60. The fourth-order valence-corrected chi connectivity index (χ4v) is 3.19. The number of hydrogen-bond acceptors (Lipinski definition) is 4. The SMILES string of the molecule is O=C(c1ccc(COCC(F)(F)F)cc1)N1CCN(CCOc2ccccc2)CC1. The summed E-state index contributed by atoms with van der Waals surface area (Å²) < 4.78 is 46.7. The number of amides is 1. The fraction of sp³-hybridized carbons (Fsp3) is 0.409. The summed E-state index contributed by atoms with van der Waals surface area (Å²) in [7, 11) is 0. The monoisotopic (exact) mass is 422 g/mol. The molecule has 0 unspecified atom stereocenters. The van der Waals surface area contributed by atoms with Crippen LogP contribution < -0.4 is 4.74 Å². The second kappa shape index (κ2) is 10.4. The van der Waals surface area contributed by atoms with Crippen molar-refractivity contribution in [3.8, 4) is 5.75 Å². The van der Waals surface area contributed by atoms with Crippen LogP contribution in [0.15, 0.2) is 54.6 Å². The minimum Gasteiger partial charge on any atom is -0.492 e. The summed E-state index contributed by atoms with van der Waals surface area (Å²) >= 11 is 0. The van der Waals surface area contributed by atoms with Crippen LogP contribution in [0.25, 0.3) is 0 Å². The van der Waals surface area contributed by atoms with Crippen molar-refractivity contribution in [1.29, 1.82) is 0 Å². The third-order valence-corrected chi connectivity index (χ3v) is 4.81. The van der Waals surface area contributed by atoms with Crippen molar-refractivity contribution in [2.24, 2.45) is 0 Å². The molecule has 3 rings (SSSR count). The Labute approximate surface area is 174 Å². The number of para-hydroxylation sites is 1. The van der Waals surface area contributed by atoms with Crippen LogP contribution >= 0.6 is 0 Å². The van der Waals surface area contributed by atoms with Crippen LogP contribution in [0.1, 0.15) is 15.9 Å². The average Bonchev–Trinajstić information content (AvgIpc) is 2.74. The van der Waals surface area contributed by atoms with E-state index in [9.17, 15) is 18.0 Å². The van der Waals surface area contributed by atoms with Gasteiger partial charge < -0.3 is 14.4 Å². The molecule has 8 heteroatoms. The second-order valence-corrected chi connectivity index (χ2v) is 7.10. The predicted molar refractivity (Wildman–Crippen MR) is 106 cm³/mol. The van der Waals surface area contributed by atoms with E-state index in [2.05, 4.69) is 9.64 Å². The molecular formula is C22H25F3N2O3. The summed E-state index contributed by atoms with van der Waals surface area (Å²) in [6.45, 7) is 2.76. The van der Waals surface area contributed by atoms with Gasteiger partial charge in [0.1, 0.15) is 19.0 Å². The number of carbonyl (C=O) groups excluding carboxylic acids is 1. The van der Waals surface area contributed by atoms with Crippen LogP contribution in [0.4, 0.5) is 13.2 Å². The molecule has 1 amide bonds. The smallest absolute Gasteiger partial charge is 0.411 e. The lowest BCUT2D eigenvalue weighted by molar-refractivity contribution is -0.176. The maximum Gasteiger partial charge on any atom is 0.411 e. The van der Waals surface area contributed by atoms with Crippen molar-refractivity contribution in [2.75, 3.05) is 45.9 Å². The van der Waals surface area contributed by atoms with Gasteiger partial charge in [0.15, 0.2) is 0 Å². The number of ether oxygens (including phenoxy) is 2. The largest absolute Gasteiger partial charge is 0.492 e. The third-order valence-electron chi connectivity index (χ3n) is 4.81. The Bertz CT molecular complexity index is 790. The van der Waals surface area contributed by atoms with Gasteiger partial charge >= 0.3 is 6.18 Å². The van der Waals surface area contributed by atoms with Crippen LogP contribution in [0, 0.1) is 0 Å². The Kier molecular flexibility index (Phi) is 7.70. The topological polar surface area (TPSA) is 42.0 Å². The molecule has 2 aromatic rings. The van der Waals surface area contributed by atoms with Gasteiger partial charge in [-0.1, -0.05) is 30.3 Å². The zero-order valence-electron chi connectivity index (χ0n) is 16.6. The molecule has 0 atom stereocenters. The minimum atomic E-state index is -4.34. The van der Waals surface area contributed by atoms with Crippen molar-refractivity contribution in [1.82, 2.24) is 9.80 Å². The number of benzene rings is 2. The number of piperazine rings is 1. The lowest BCUT2D eigenvalue weighted by Crippen LogP contribution is -2.49. The first-order chi connectivity index (χ1) is 14.4. The molecule has 0 aromatic heterocycles. The van der Waals surface area contributed by atoms with E-state index in [-0.39, 0.29) is 12.5 Å². The molecule has 30 heavy (non-hydrogen) atoms. The normalized spacial score (nSPS) is 15.2. The zero-order chi connectivity index (χ0) is 21.4. The molecule has 1 fully saturated rings. The van der Waals surface area contributed by atoms with Crippen molar-refractivity contribution in [3.05, 3.63) is 65.7 Å². The summed E-state index contributed by atoms with van der Waals surface area (Å²) in [5, 5.41) is 0. The van der Waals surface area contributed by atoms with Gasteiger partial charge in [-0.3, -0.25) is 9.69 Å². The van der Waals surface area contributed by atoms with E-state index in [1.54, 1.807) is 29.2 Å². The molecule has 0 saturated carbocycles. The molecule has 0 radical (unpaired) electrons. The Balaban J connectivity index is 1.39. The maximum atomic E-state index is 12.7. The second-order valence-electron chi connectivity index (χ2n) is 7.10.